The van der Waals surface area contributed by atoms with Crippen molar-refractivity contribution in [2.75, 3.05) is 5.01 Å². The topological polar surface area (TPSA) is 50.5 Å². The van der Waals surface area contributed by atoms with Gasteiger partial charge in [-0.3, -0.25) is 4.79 Å². The van der Waals surface area contributed by atoms with Crippen LogP contribution >= 0.6 is 23.2 Å². The predicted molar refractivity (Wildman–Crippen MR) is 96.6 cm³/mol. The average Bonchev–Trinajstić information content (AvgIpc) is 3.17. The van der Waals surface area contributed by atoms with E-state index in [0.717, 1.165) is 25.0 Å². The van der Waals surface area contributed by atoms with Crippen LogP contribution in [-0.4, -0.2) is 21.2 Å². The third-order valence-corrected chi connectivity index (χ3v) is 4.77. The number of benzene rings is 1. The van der Waals surface area contributed by atoms with Crippen LogP contribution in [0.1, 0.15) is 26.2 Å². The lowest BCUT2D eigenvalue weighted by Gasteiger charge is -2.15. The van der Waals surface area contributed by atoms with Gasteiger partial charge in [0.1, 0.15) is 0 Å². The van der Waals surface area contributed by atoms with Crippen molar-refractivity contribution in [3.8, 4) is 0 Å². The van der Waals surface area contributed by atoms with E-state index >= 15 is 0 Å². The zero-order chi connectivity index (χ0) is 17.1. The Morgan fingerprint density at radius 1 is 1.25 bits per heavy atom. The van der Waals surface area contributed by atoms with Crippen molar-refractivity contribution in [2.24, 2.45) is 11.0 Å². The Bertz CT molecular complexity index is 758. The summed E-state index contributed by atoms with van der Waals surface area (Å²) in [6, 6.07) is 5.10. The molecule has 1 atom stereocenters. The molecule has 1 unspecified atom stereocenters. The van der Waals surface area contributed by atoms with Crippen LogP contribution in [0.3, 0.4) is 0 Å². The lowest BCUT2D eigenvalue weighted by Crippen LogP contribution is -2.28. The number of imidazole rings is 1. The quantitative estimate of drug-likeness (QED) is 0.762. The van der Waals surface area contributed by atoms with E-state index in [0.29, 0.717) is 22.3 Å². The van der Waals surface area contributed by atoms with E-state index in [4.69, 9.17) is 23.2 Å². The van der Waals surface area contributed by atoms with Crippen molar-refractivity contribution in [1.82, 2.24) is 9.55 Å². The molecule has 7 heteroatoms. The van der Waals surface area contributed by atoms with Crippen LogP contribution < -0.4 is 5.01 Å². The van der Waals surface area contributed by atoms with E-state index in [2.05, 4.69) is 17.0 Å². The van der Waals surface area contributed by atoms with Crippen molar-refractivity contribution in [3.05, 3.63) is 47.0 Å². The van der Waals surface area contributed by atoms with Gasteiger partial charge in [0.15, 0.2) is 0 Å². The molecule has 24 heavy (non-hydrogen) atoms. The first-order valence-corrected chi connectivity index (χ1v) is 8.68. The minimum Gasteiger partial charge on any atom is -0.332 e. The van der Waals surface area contributed by atoms with Gasteiger partial charge in [0.25, 0.3) is 5.91 Å². The minimum absolute atomic E-state index is 0.0167. The third-order valence-electron chi connectivity index (χ3n) is 4.04. The second-order valence-electron chi connectivity index (χ2n) is 5.77. The first-order chi connectivity index (χ1) is 11.6. The first kappa shape index (κ1) is 17.0. The molecule has 5 nitrogen and oxygen atoms in total. The number of amides is 1. The Labute approximate surface area is 150 Å². The van der Waals surface area contributed by atoms with Crippen molar-refractivity contribution < 1.29 is 4.79 Å². The molecule has 0 radical (unpaired) electrons. The number of rotatable bonds is 6. The molecular weight excluding hydrogens is 347 g/mol. The van der Waals surface area contributed by atoms with Gasteiger partial charge in [-0.05, 0) is 24.6 Å². The number of carbonyl (C=O) groups is 1. The van der Waals surface area contributed by atoms with Gasteiger partial charge in [-0.1, -0.05) is 43.0 Å². The molecule has 0 N–H and O–H groups in total. The summed E-state index contributed by atoms with van der Waals surface area (Å²) in [4.78, 5) is 16.9. The summed E-state index contributed by atoms with van der Waals surface area (Å²) in [7, 11) is 0. The smallest absolute Gasteiger partial charge is 0.256 e. The Kier molecular flexibility index (Phi) is 5.21. The molecule has 0 bridgehead atoms. The number of hydrazone groups is 1. The summed E-state index contributed by atoms with van der Waals surface area (Å²) in [6.45, 7) is 2.67. The van der Waals surface area contributed by atoms with Gasteiger partial charge in [0.2, 0.25) is 0 Å². The van der Waals surface area contributed by atoms with E-state index in [1.165, 1.54) is 5.01 Å². The lowest BCUT2D eigenvalue weighted by atomic mass is 9.96. The number of halogens is 2. The monoisotopic (exact) mass is 364 g/mol. The molecule has 0 saturated carbocycles. The Hall–Kier alpha value is -1.85. The highest BCUT2D eigenvalue weighted by Crippen LogP contribution is 2.32. The van der Waals surface area contributed by atoms with Gasteiger partial charge in [-0.25, -0.2) is 9.99 Å². The summed E-state index contributed by atoms with van der Waals surface area (Å²) in [5.41, 5.74) is 1.48. The molecule has 1 amide bonds. The highest BCUT2D eigenvalue weighted by molar-refractivity contribution is 6.42. The number of aromatic nitrogens is 2. The van der Waals surface area contributed by atoms with E-state index in [-0.39, 0.29) is 11.8 Å². The molecule has 1 aromatic heterocycles. The van der Waals surface area contributed by atoms with E-state index in [1.54, 1.807) is 30.7 Å². The van der Waals surface area contributed by atoms with Crippen molar-refractivity contribution in [3.63, 3.8) is 0 Å². The standard InChI is InChI=1S/C17H18Cl2N4O/c1-2-3-4-13-16(10-22-8-7-20-11-22)21-23(17(13)24)12-5-6-14(18)15(19)9-12/h5-9,11,13H,2-4,10H2,1H3. The second kappa shape index (κ2) is 7.36. The third kappa shape index (κ3) is 3.47. The van der Waals surface area contributed by atoms with Crippen LogP contribution in [0.2, 0.25) is 10.0 Å². The zero-order valence-electron chi connectivity index (χ0n) is 13.3. The van der Waals surface area contributed by atoms with Crippen LogP contribution in [0.5, 0.6) is 0 Å². The van der Waals surface area contributed by atoms with Gasteiger partial charge < -0.3 is 4.57 Å². The van der Waals surface area contributed by atoms with Crippen LogP contribution in [-0.2, 0) is 11.3 Å². The molecular formula is C17H18Cl2N4O. The molecule has 0 fully saturated rings. The number of hydrogen-bond donors (Lipinski definition) is 0. The molecule has 0 saturated heterocycles. The normalized spacial score (nSPS) is 17.5. The number of carbonyl (C=O) groups excluding carboxylic acids is 1. The van der Waals surface area contributed by atoms with E-state index < -0.39 is 0 Å². The number of nitrogens with zero attached hydrogens (tertiary/aromatic N) is 4. The lowest BCUT2D eigenvalue weighted by molar-refractivity contribution is -0.119. The summed E-state index contributed by atoms with van der Waals surface area (Å²) < 4.78 is 1.92. The highest BCUT2D eigenvalue weighted by atomic mass is 35.5. The van der Waals surface area contributed by atoms with Gasteiger partial charge >= 0.3 is 0 Å². The molecule has 2 heterocycles. The van der Waals surface area contributed by atoms with E-state index in [9.17, 15) is 4.79 Å². The Morgan fingerprint density at radius 3 is 2.75 bits per heavy atom. The number of hydrogen-bond acceptors (Lipinski definition) is 3. The van der Waals surface area contributed by atoms with E-state index in [1.807, 2.05) is 10.8 Å². The summed E-state index contributed by atoms with van der Waals surface area (Å²) in [5.74, 6) is -0.223. The first-order valence-electron chi connectivity index (χ1n) is 7.92. The summed E-state index contributed by atoms with van der Waals surface area (Å²) in [6.07, 6.45) is 8.12. The van der Waals surface area contributed by atoms with Crippen molar-refractivity contribution in [2.45, 2.75) is 32.7 Å². The molecule has 1 aromatic carbocycles. The molecule has 1 aliphatic rings. The number of anilines is 1. The SMILES string of the molecule is CCCCC1C(=O)N(c2ccc(Cl)c(Cl)c2)N=C1Cn1ccnc1. The van der Waals surface area contributed by atoms with Crippen LogP contribution in [0.15, 0.2) is 42.0 Å². The second-order valence-corrected chi connectivity index (χ2v) is 6.58. The van der Waals surface area contributed by atoms with Crippen LogP contribution in [0.4, 0.5) is 5.69 Å². The zero-order valence-corrected chi connectivity index (χ0v) is 14.8. The fourth-order valence-corrected chi connectivity index (χ4v) is 3.04. The fourth-order valence-electron chi connectivity index (χ4n) is 2.75. The Morgan fingerprint density at radius 2 is 2.08 bits per heavy atom. The maximum atomic E-state index is 12.9. The molecule has 0 aliphatic carbocycles. The van der Waals surface area contributed by atoms with Gasteiger partial charge in [-0.2, -0.15) is 5.10 Å². The average molecular weight is 365 g/mol. The van der Waals surface area contributed by atoms with Crippen molar-refractivity contribution in [1.29, 1.82) is 0 Å². The van der Waals surface area contributed by atoms with Crippen LogP contribution in [0, 0.1) is 5.92 Å². The van der Waals surface area contributed by atoms with Gasteiger partial charge in [-0.15, -0.1) is 0 Å². The van der Waals surface area contributed by atoms with Crippen molar-refractivity contribution >= 4 is 40.5 Å². The Balaban J connectivity index is 1.89. The van der Waals surface area contributed by atoms with Gasteiger partial charge in [0.05, 0.1) is 40.2 Å². The number of unbranched alkanes of at least 4 members (excludes halogenated alkanes) is 1. The summed E-state index contributed by atoms with van der Waals surface area (Å²) in [5, 5.41) is 6.87. The fraction of sp³-hybridized carbons (Fsp3) is 0.353. The minimum atomic E-state index is -0.207. The maximum absolute atomic E-state index is 12.9. The molecule has 126 valence electrons. The summed E-state index contributed by atoms with van der Waals surface area (Å²) >= 11 is 12.0. The molecule has 0 spiro atoms. The van der Waals surface area contributed by atoms with Crippen LogP contribution in [0.25, 0.3) is 0 Å². The maximum Gasteiger partial charge on any atom is 0.256 e. The predicted octanol–water partition coefficient (Wildman–Crippen LogP) is 4.40. The largest absolute Gasteiger partial charge is 0.332 e. The molecule has 3 rings (SSSR count). The molecule has 1 aliphatic heterocycles. The molecule has 2 aromatic rings. The highest BCUT2D eigenvalue weighted by Gasteiger charge is 2.36. The van der Waals surface area contributed by atoms with Gasteiger partial charge in [0, 0.05) is 12.4 Å².